The minimum Gasteiger partial charge on any atom is -0.373 e. The van der Waals surface area contributed by atoms with Gasteiger partial charge in [0.1, 0.15) is 0 Å². The van der Waals surface area contributed by atoms with Crippen LogP contribution in [-0.4, -0.2) is 49.3 Å². The minimum absolute atomic E-state index is 0.0790. The highest BCUT2D eigenvalue weighted by molar-refractivity contribution is 6.30. The number of halogens is 1. The summed E-state index contributed by atoms with van der Waals surface area (Å²) in [6.45, 7) is 3.38. The summed E-state index contributed by atoms with van der Waals surface area (Å²) in [6.07, 6.45) is 2.57. The second-order valence-electron chi connectivity index (χ2n) is 5.59. The quantitative estimate of drug-likeness (QED) is 0.901. The van der Waals surface area contributed by atoms with E-state index in [0.717, 1.165) is 25.4 Å². The molecule has 114 valence electrons. The Hall–Kier alpha value is -1.30. The zero-order valence-corrected chi connectivity index (χ0v) is 12.6. The van der Waals surface area contributed by atoms with E-state index in [0.29, 0.717) is 17.6 Å². The van der Waals surface area contributed by atoms with Crippen LogP contribution >= 0.6 is 11.6 Å². The van der Waals surface area contributed by atoms with Crippen LogP contribution in [0.1, 0.15) is 12.8 Å². The highest BCUT2D eigenvalue weighted by atomic mass is 35.5. The number of ether oxygens (including phenoxy) is 1. The van der Waals surface area contributed by atoms with Crippen LogP contribution in [0.15, 0.2) is 24.3 Å². The number of benzene rings is 1. The zero-order valence-electron chi connectivity index (χ0n) is 11.8. The maximum Gasteiger partial charge on any atom is 0.319 e. The van der Waals surface area contributed by atoms with Gasteiger partial charge in [0.15, 0.2) is 0 Å². The molecule has 0 radical (unpaired) electrons. The van der Waals surface area contributed by atoms with E-state index in [2.05, 4.69) is 15.5 Å². The van der Waals surface area contributed by atoms with Crippen molar-refractivity contribution < 1.29 is 9.53 Å². The van der Waals surface area contributed by atoms with Crippen LogP contribution in [0.2, 0.25) is 5.02 Å². The number of anilines is 1. The number of amides is 2. The SMILES string of the molecule is O=C(NC[C@H]1CN2CCC[C@H]2CO1)Nc1ccc(Cl)cc1. The molecule has 2 N–H and O–H groups in total. The molecule has 3 rings (SSSR count). The van der Waals surface area contributed by atoms with E-state index in [1.807, 2.05) is 0 Å². The van der Waals surface area contributed by atoms with E-state index in [1.54, 1.807) is 24.3 Å². The fourth-order valence-electron chi connectivity index (χ4n) is 2.92. The number of rotatable bonds is 3. The Morgan fingerprint density at radius 3 is 3.00 bits per heavy atom. The molecule has 21 heavy (non-hydrogen) atoms. The first-order valence-corrected chi connectivity index (χ1v) is 7.74. The third kappa shape index (κ3) is 3.87. The normalized spacial score (nSPS) is 25.4. The predicted octanol–water partition coefficient (Wildman–Crippen LogP) is 2.32. The standard InChI is InChI=1S/C15H20ClN3O2/c16-11-3-5-12(6-4-11)18-15(20)17-8-14-9-19-7-1-2-13(19)10-21-14/h3-6,13-14H,1-2,7-10H2,(H2,17,18,20)/t13-,14-/m0/s1. The molecule has 2 aliphatic heterocycles. The van der Waals surface area contributed by atoms with Crippen molar-refractivity contribution in [3.8, 4) is 0 Å². The van der Waals surface area contributed by atoms with Crippen LogP contribution in [0.25, 0.3) is 0 Å². The lowest BCUT2D eigenvalue weighted by molar-refractivity contribution is -0.0456. The van der Waals surface area contributed by atoms with E-state index < -0.39 is 0 Å². The Balaban J connectivity index is 1.42. The lowest BCUT2D eigenvalue weighted by Gasteiger charge is -2.35. The number of hydrogen-bond acceptors (Lipinski definition) is 3. The minimum atomic E-state index is -0.218. The second-order valence-corrected chi connectivity index (χ2v) is 6.02. The van der Waals surface area contributed by atoms with Gasteiger partial charge in [0.25, 0.3) is 0 Å². The van der Waals surface area contributed by atoms with Crippen LogP contribution in [0.3, 0.4) is 0 Å². The Labute approximate surface area is 129 Å². The zero-order chi connectivity index (χ0) is 14.7. The number of hydrogen-bond donors (Lipinski definition) is 2. The van der Waals surface area contributed by atoms with Gasteiger partial charge in [0.2, 0.25) is 0 Å². The van der Waals surface area contributed by atoms with Crippen LogP contribution in [0.4, 0.5) is 10.5 Å². The Bertz CT molecular complexity index is 494. The van der Waals surface area contributed by atoms with E-state index in [4.69, 9.17) is 16.3 Å². The summed E-state index contributed by atoms with van der Waals surface area (Å²) in [4.78, 5) is 14.3. The summed E-state index contributed by atoms with van der Waals surface area (Å²) in [5.41, 5.74) is 0.723. The summed E-state index contributed by atoms with van der Waals surface area (Å²) >= 11 is 5.81. The predicted molar refractivity (Wildman–Crippen MR) is 82.8 cm³/mol. The molecule has 2 heterocycles. The number of fused-ring (bicyclic) bond motifs is 1. The van der Waals surface area contributed by atoms with Gasteiger partial charge in [0, 0.05) is 29.8 Å². The van der Waals surface area contributed by atoms with Gasteiger partial charge in [-0.2, -0.15) is 0 Å². The van der Waals surface area contributed by atoms with Crippen molar-refractivity contribution in [2.75, 3.05) is 31.6 Å². The number of carbonyl (C=O) groups is 1. The molecule has 2 atom stereocenters. The Kier molecular flexibility index (Phi) is 4.63. The van der Waals surface area contributed by atoms with Gasteiger partial charge in [-0.3, -0.25) is 4.90 Å². The van der Waals surface area contributed by atoms with Crippen LogP contribution in [0, 0.1) is 0 Å². The molecule has 0 aliphatic carbocycles. The third-order valence-electron chi connectivity index (χ3n) is 4.05. The molecule has 2 amide bonds. The molecule has 2 saturated heterocycles. The van der Waals surface area contributed by atoms with Crippen LogP contribution < -0.4 is 10.6 Å². The van der Waals surface area contributed by atoms with E-state index in [9.17, 15) is 4.79 Å². The molecular formula is C15H20ClN3O2. The number of morpholine rings is 1. The average Bonchev–Trinajstić information content (AvgIpc) is 2.95. The van der Waals surface area contributed by atoms with Crippen molar-refractivity contribution in [3.63, 3.8) is 0 Å². The highest BCUT2D eigenvalue weighted by Gasteiger charge is 2.32. The Morgan fingerprint density at radius 1 is 1.38 bits per heavy atom. The van der Waals surface area contributed by atoms with Gasteiger partial charge in [-0.1, -0.05) is 11.6 Å². The van der Waals surface area contributed by atoms with E-state index in [-0.39, 0.29) is 12.1 Å². The second kappa shape index (κ2) is 6.64. The van der Waals surface area contributed by atoms with Gasteiger partial charge < -0.3 is 15.4 Å². The molecule has 0 saturated carbocycles. The fraction of sp³-hybridized carbons (Fsp3) is 0.533. The van der Waals surface area contributed by atoms with Crippen molar-refractivity contribution in [2.45, 2.75) is 25.0 Å². The van der Waals surface area contributed by atoms with E-state index >= 15 is 0 Å². The molecule has 0 unspecified atom stereocenters. The van der Waals surface area contributed by atoms with Gasteiger partial charge in [-0.05, 0) is 43.7 Å². The molecule has 1 aromatic carbocycles. The summed E-state index contributed by atoms with van der Waals surface area (Å²) in [7, 11) is 0. The van der Waals surface area contributed by atoms with Crippen LogP contribution in [0.5, 0.6) is 0 Å². The number of nitrogens with one attached hydrogen (secondary N) is 2. The van der Waals surface area contributed by atoms with Gasteiger partial charge in [0.05, 0.1) is 12.7 Å². The van der Waals surface area contributed by atoms with Gasteiger partial charge >= 0.3 is 6.03 Å². The largest absolute Gasteiger partial charge is 0.373 e. The lowest BCUT2D eigenvalue weighted by atomic mass is 10.2. The molecule has 2 fully saturated rings. The molecule has 0 bridgehead atoms. The molecule has 0 spiro atoms. The first-order valence-electron chi connectivity index (χ1n) is 7.37. The fourth-order valence-corrected chi connectivity index (χ4v) is 3.05. The topological polar surface area (TPSA) is 53.6 Å². The maximum absolute atomic E-state index is 11.8. The molecule has 1 aromatic rings. The molecule has 0 aromatic heterocycles. The summed E-state index contributed by atoms with van der Waals surface area (Å²) in [5.74, 6) is 0. The maximum atomic E-state index is 11.8. The van der Waals surface area contributed by atoms with Gasteiger partial charge in [-0.25, -0.2) is 4.79 Å². The monoisotopic (exact) mass is 309 g/mol. The average molecular weight is 310 g/mol. The van der Waals surface area contributed by atoms with Crippen molar-refractivity contribution in [1.29, 1.82) is 0 Å². The highest BCUT2D eigenvalue weighted by Crippen LogP contribution is 2.22. The molecule has 5 nitrogen and oxygen atoms in total. The van der Waals surface area contributed by atoms with E-state index in [1.165, 1.54) is 12.8 Å². The summed E-state index contributed by atoms with van der Waals surface area (Å²) in [6, 6.07) is 7.40. The van der Waals surface area contributed by atoms with Crippen molar-refractivity contribution in [3.05, 3.63) is 29.3 Å². The molecular weight excluding hydrogens is 290 g/mol. The van der Waals surface area contributed by atoms with Crippen molar-refractivity contribution in [1.82, 2.24) is 10.2 Å². The van der Waals surface area contributed by atoms with Gasteiger partial charge in [-0.15, -0.1) is 0 Å². The smallest absolute Gasteiger partial charge is 0.319 e. The molecule has 2 aliphatic rings. The Morgan fingerprint density at radius 2 is 2.19 bits per heavy atom. The van der Waals surface area contributed by atoms with Crippen molar-refractivity contribution >= 4 is 23.3 Å². The lowest BCUT2D eigenvalue weighted by Crippen LogP contribution is -2.50. The first-order chi connectivity index (χ1) is 10.2. The number of nitrogens with zero attached hydrogens (tertiary/aromatic N) is 1. The molecule has 6 heteroatoms. The number of urea groups is 1. The summed E-state index contributed by atoms with van der Waals surface area (Å²) in [5, 5.41) is 6.29. The van der Waals surface area contributed by atoms with Crippen molar-refractivity contribution in [2.24, 2.45) is 0 Å². The summed E-state index contributed by atoms with van der Waals surface area (Å²) < 4.78 is 5.81. The van der Waals surface area contributed by atoms with Crippen LogP contribution in [-0.2, 0) is 4.74 Å². The first kappa shape index (κ1) is 14.6. The number of carbonyl (C=O) groups excluding carboxylic acids is 1. The third-order valence-corrected chi connectivity index (χ3v) is 4.31.